The summed E-state index contributed by atoms with van der Waals surface area (Å²) >= 11 is 2.15. The number of nitrogens with zero attached hydrogens (tertiary/aromatic N) is 3. The van der Waals surface area contributed by atoms with Gasteiger partial charge in [-0.2, -0.15) is 0 Å². The first kappa shape index (κ1) is 14.4. The van der Waals surface area contributed by atoms with Crippen molar-refractivity contribution in [1.82, 2.24) is 9.97 Å². The van der Waals surface area contributed by atoms with Gasteiger partial charge in [0.2, 0.25) is 11.6 Å². The van der Waals surface area contributed by atoms with E-state index in [1.54, 1.807) is 0 Å². The Morgan fingerprint density at radius 1 is 1.30 bits per heavy atom. The molecule has 0 fully saturated rings. The molecule has 0 atom stereocenters. The molecule has 20 heavy (non-hydrogen) atoms. The Hall–Kier alpha value is -1.97. The second-order valence-electron chi connectivity index (χ2n) is 3.81. The van der Waals surface area contributed by atoms with Crippen molar-refractivity contribution in [1.29, 1.82) is 0 Å². The lowest BCUT2D eigenvalue weighted by Crippen LogP contribution is -2.08. The van der Waals surface area contributed by atoms with Gasteiger partial charge in [-0.1, -0.05) is 12.1 Å². The molecular formula is C12H12IN5O2. The topological polar surface area (TPSA) is 93.0 Å². The Morgan fingerprint density at radius 2 is 2.00 bits per heavy atom. The van der Waals surface area contributed by atoms with Gasteiger partial charge in [-0.3, -0.25) is 10.1 Å². The Labute approximate surface area is 129 Å². The lowest BCUT2D eigenvalue weighted by Gasteiger charge is -2.10. The average molecular weight is 385 g/mol. The molecular weight excluding hydrogens is 373 g/mol. The molecule has 2 aromatic rings. The van der Waals surface area contributed by atoms with Crippen LogP contribution in [0.3, 0.4) is 0 Å². The van der Waals surface area contributed by atoms with Crippen LogP contribution in [0.2, 0.25) is 0 Å². The standard InChI is InChI=1S/C12H12IN5O2/c1-2-14-11-10(18(19)20)12(16-7-15-11)17-9-6-4-3-5-8(9)13/h3-7H,2H2,1H3,(H2,14,15,16,17). The summed E-state index contributed by atoms with van der Waals surface area (Å²) in [6.07, 6.45) is 1.29. The minimum absolute atomic E-state index is 0.158. The van der Waals surface area contributed by atoms with E-state index in [-0.39, 0.29) is 17.3 Å². The van der Waals surface area contributed by atoms with E-state index in [0.717, 1.165) is 9.26 Å². The van der Waals surface area contributed by atoms with Gasteiger partial charge >= 0.3 is 5.69 Å². The fourth-order valence-corrected chi connectivity index (χ4v) is 2.15. The molecule has 0 aliphatic heterocycles. The predicted molar refractivity (Wildman–Crippen MR) is 85.3 cm³/mol. The molecule has 2 N–H and O–H groups in total. The average Bonchev–Trinajstić information content (AvgIpc) is 2.41. The third kappa shape index (κ3) is 3.13. The Morgan fingerprint density at radius 3 is 2.65 bits per heavy atom. The van der Waals surface area contributed by atoms with Crippen molar-refractivity contribution in [2.24, 2.45) is 0 Å². The van der Waals surface area contributed by atoms with Crippen LogP contribution in [-0.4, -0.2) is 21.4 Å². The van der Waals surface area contributed by atoms with Crippen LogP contribution in [0.4, 0.5) is 23.0 Å². The van der Waals surface area contributed by atoms with E-state index in [9.17, 15) is 10.1 Å². The van der Waals surface area contributed by atoms with E-state index in [0.29, 0.717) is 6.54 Å². The molecule has 8 heteroatoms. The normalized spacial score (nSPS) is 10.1. The molecule has 0 bridgehead atoms. The van der Waals surface area contributed by atoms with Crippen molar-refractivity contribution >= 4 is 45.6 Å². The van der Waals surface area contributed by atoms with Gasteiger partial charge in [-0.15, -0.1) is 0 Å². The number of hydrogen-bond donors (Lipinski definition) is 2. The van der Waals surface area contributed by atoms with Crippen LogP contribution in [0.1, 0.15) is 6.92 Å². The minimum atomic E-state index is -0.490. The van der Waals surface area contributed by atoms with E-state index >= 15 is 0 Å². The second-order valence-corrected chi connectivity index (χ2v) is 4.97. The summed E-state index contributed by atoms with van der Waals surface area (Å²) in [6.45, 7) is 2.39. The molecule has 0 aliphatic rings. The van der Waals surface area contributed by atoms with Gasteiger partial charge in [-0.05, 0) is 41.6 Å². The zero-order valence-corrected chi connectivity index (χ0v) is 12.8. The van der Waals surface area contributed by atoms with Crippen LogP contribution in [-0.2, 0) is 0 Å². The number of halogens is 1. The van der Waals surface area contributed by atoms with Crippen LogP contribution in [0.15, 0.2) is 30.6 Å². The number of anilines is 3. The molecule has 1 heterocycles. The van der Waals surface area contributed by atoms with Crippen LogP contribution < -0.4 is 10.6 Å². The Kier molecular flexibility index (Phi) is 4.66. The molecule has 0 aliphatic carbocycles. The maximum atomic E-state index is 11.2. The van der Waals surface area contributed by atoms with Gasteiger partial charge in [-0.25, -0.2) is 9.97 Å². The number of aromatic nitrogens is 2. The highest BCUT2D eigenvalue weighted by molar-refractivity contribution is 14.1. The van der Waals surface area contributed by atoms with Crippen molar-refractivity contribution in [3.8, 4) is 0 Å². The van der Waals surface area contributed by atoms with E-state index < -0.39 is 4.92 Å². The number of benzene rings is 1. The summed E-state index contributed by atoms with van der Waals surface area (Å²) in [5.74, 6) is 0.381. The number of para-hydroxylation sites is 1. The summed E-state index contributed by atoms with van der Waals surface area (Å²) in [5, 5.41) is 17.1. The summed E-state index contributed by atoms with van der Waals surface area (Å²) < 4.78 is 0.947. The molecule has 0 radical (unpaired) electrons. The summed E-state index contributed by atoms with van der Waals surface area (Å²) in [6, 6.07) is 7.48. The highest BCUT2D eigenvalue weighted by atomic mass is 127. The smallest absolute Gasteiger partial charge is 0.353 e. The fourth-order valence-electron chi connectivity index (χ4n) is 1.63. The van der Waals surface area contributed by atoms with Gasteiger partial charge in [0.25, 0.3) is 0 Å². The first-order valence-electron chi connectivity index (χ1n) is 5.88. The number of nitro groups is 1. The molecule has 1 aromatic heterocycles. The van der Waals surface area contributed by atoms with Crippen LogP contribution in [0.5, 0.6) is 0 Å². The highest BCUT2D eigenvalue weighted by Crippen LogP contribution is 2.32. The molecule has 2 rings (SSSR count). The van der Waals surface area contributed by atoms with Crippen molar-refractivity contribution < 1.29 is 4.92 Å². The van der Waals surface area contributed by atoms with Gasteiger partial charge in [0, 0.05) is 10.1 Å². The van der Waals surface area contributed by atoms with Crippen LogP contribution in [0, 0.1) is 13.7 Å². The third-order valence-electron chi connectivity index (χ3n) is 2.48. The molecule has 1 aromatic carbocycles. The van der Waals surface area contributed by atoms with Crippen molar-refractivity contribution in [3.63, 3.8) is 0 Å². The zero-order chi connectivity index (χ0) is 14.5. The lowest BCUT2D eigenvalue weighted by atomic mass is 10.3. The summed E-state index contributed by atoms with van der Waals surface area (Å²) in [5.41, 5.74) is 0.603. The molecule has 0 saturated heterocycles. The fraction of sp³-hybridized carbons (Fsp3) is 0.167. The van der Waals surface area contributed by atoms with Crippen molar-refractivity contribution in [2.45, 2.75) is 6.92 Å². The van der Waals surface area contributed by atoms with Gasteiger partial charge < -0.3 is 10.6 Å². The van der Waals surface area contributed by atoms with E-state index in [1.165, 1.54) is 6.33 Å². The summed E-state index contributed by atoms with van der Waals surface area (Å²) in [7, 11) is 0. The largest absolute Gasteiger partial charge is 0.364 e. The van der Waals surface area contributed by atoms with Crippen molar-refractivity contribution in [3.05, 3.63) is 44.3 Å². The third-order valence-corrected chi connectivity index (χ3v) is 3.42. The molecule has 0 amide bonds. The number of hydrogen-bond acceptors (Lipinski definition) is 6. The van der Waals surface area contributed by atoms with E-state index in [1.807, 2.05) is 31.2 Å². The lowest BCUT2D eigenvalue weighted by molar-refractivity contribution is -0.383. The highest BCUT2D eigenvalue weighted by Gasteiger charge is 2.22. The number of nitrogens with one attached hydrogen (secondary N) is 2. The van der Waals surface area contributed by atoms with Gasteiger partial charge in [0.1, 0.15) is 6.33 Å². The first-order valence-corrected chi connectivity index (χ1v) is 6.96. The molecule has 104 valence electrons. The number of rotatable bonds is 5. The molecule has 0 unspecified atom stereocenters. The molecule has 7 nitrogen and oxygen atoms in total. The van der Waals surface area contributed by atoms with Crippen molar-refractivity contribution in [2.75, 3.05) is 17.2 Å². The predicted octanol–water partition coefficient (Wildman–Crippen LogP) is 3.16. The van der Waals surface area contributed by atoms with E-state index in [2.05, 4.69) is 43.2 Å². The maximum absolute atomic E-state index is 11.2. The summed E-state index contributed by atoms with van der Waals surface area (Å²) in [4.78, 5) is 18.6. The first-order chi connectivity index (χ1) is 9.63. The Bertz CT molecular complexity index is 635. The SMILES string of the molecule is CCNc1ncnc(Nc2ccccc2I)c1[N+](=O)[O-]. The van der Waals surface area contributed by atoms with Crippen LogP contribution in [0.25, 0.3) is 0 Å². The van der Waals surface area contributed by atoms with E-state index in [4.69, 9.17) is 0 Å². The quantitative estimate of drug-likeness (QED) is 0.467. The maximum Gasteiger partial charge on any atom is 0.353 e. The monoisotopic (exact) mass is 385 g/mol. The van der Waals surface area contributed by atoms with Gasteiger partial charge in [0.05, 0.1) is 10.6 Å². The minimum Gasteiger partial charge on any atom is -0.364 e. The molecule has 0 saturated carbocycles. The van der Waals surface area contributed by atoms with Crippen LogP contribution >= 0.6 is 22.6 Å². The zero-order valence-electron chi connectivity index (χ0n) is 10.6. The van der Waals surface area contributed by atoms with Gasteiger partial charge in [0.15, 0.2) is 0 Å². The second kappa shape index (κ2) is 6.46. The molecule has 0 spiro atoms. The Balaban J connectivity index is 2.44.